The summed E-state index contributed by atoms with van der Waals surface area (Å²) in [6.45, 7) is 1.89. The lowest BCUT2D eigenvalue weighted by molar-refractivity contribution is -0.115. The Labute approximate surface area is 134 Å². The molecule has 0 saturated carbocycles. The van der Waals surface area contributed by atoms with Crippen molar-refractivity contribution in [3.05, 3.63) is 29.0 Å². The minimum Gasteiger partial charge on any atom is -0.374 e. The van der Waals surface area contributed by atoms with E-state index in [-0.39, 0.29) is 16.2 Å². The summed E-state index contributed by atoms with van der Waals surface area (Å²) >= 11 is 8.20. The van der Waals surface area contributed by atoms with Crippen molar-refractivity contribution in [1.29, 1.82) is 0 Å². The van der Waals surface area contributed by atoms with Crippen molar-refractivity contribution in [2.75, 3.05) is 11.1 Å². The lowest BCUT2D eigenvalue weighted by Crippen LogP contribution is -2.24. The van der Waals surface area contributed by atoms with E-state index in [1.807, 2.05) is 6.92 Å². The molecule has 21 heavy (non-hydrogen) atoms. The molecule has 1 heterocycles. The number of carbonyl (C=O) groups is 1. The molecule has 9 heteroatoms. The van der Waals surface area contributed by atoms with Crippen LogP contribution in [0.3, 0.4) is 0 Å². The smallest absolute Gasteiger partial charge is 0.237 e. The molecule has 112 valence electrons. The molecule has 0 fully saturated rings. The molecule has 0 aliphatic rings. The van der Waals surface area contributed by atoms with E-state index in [2.05, 4.69) is 15.5 Å². The van der Waals surface area contributed by atoms with Gasteiger partial charge in [0.05, 0.1) is 10.3 Å². The van der Waals surface area contributed by atoms with E-state index >= 15 is 0 Å². The van der Waals surface area contributed by atoms with Crippen molar-refractivity contribution in [2.24, 2.45) is 0 Å². The topological polar surface area (TPSA) is 80.9 Å². The van der Waals surface area contributed by atoms with Gasteiger partial charge in [-0.2, -0.15) is 0 Å². The Bertz CT molecular complexity index is 652. The molecule has 0 radical (unpaired) electrons. The van der Waals surface area contributed by atoms with Gasteiger partial charge in [0.1, 0.15) is 5.82 Å². The predicted octanol–water partition coefficient (Wildman–Crippen LogP) is 3.42. The number of thioether (sulfide) groups is 1. The van der Waals surface area contributed by atoms with Crippen LogP contribution in [0.25, 0.3) is 0 Å². The molecule has 0 aliphatic heterocycles. The number of aromatic nitrogens is 2. The maximum Gasteiger partial charge on any atom is 0.237 e. The summed E-state index contributed by atoms with van der Waals surface area (Å²) in [7, 11) is 0. The Morgan fingerprint density at radius 1 is 1.57 bits per heavy atom. The Morgan fingerprint density at radius 3 is 2.90 bits per heavy atom. The van der Waals surface area contributed by atoms with Crippen molar-refractivity contribution >= 4 is 51.4 Å². The summed E-state index contributed by atoms with van der Waals surface area (Å²) in [5.41, 5.74) is 5.95. The first-order valence-electron chi connectivity index (χ1n) is 6.01. The van der Waals surface area contributed by atoms with Crippen LogP contribution in [-0.2, 0) is 4.79 Å². The Balaban J connectivity index is 2.04. The number of hydrogen-bond acceptors (Lipinski definition) is 6. The van der Waals surface area contributed by atoms with E-state index < -0.39 is 5.82 Å². The third-order valence-electron chi connectivity index (χ3n) is 2.52. The minimum atomic E-state index is -0.527. The molecule has 2 rings (SSSR count). The number of rotatable bonds is 5. The molecule has 0 saturated heterocycles. The molecule has 1 aromatic carbocycles. The molecule has 1 aromatic heterocycles. The number of nitrogen functional groups attached to an aromatic ring is 1. The van der Waals surface area contributed by atoms with Gasteiger partial charge in [-0.15, -0.1) is 10.2 Å². The number of benzene rings is 1. The summed E-state index contributed by atoms with van der Waals surface area (Å²) in [5, 5.41) is 10.3. The average molecular weight is 347 g/mol. The molecule has 1 atom stereocenters. The van der Waals surface area contributed by atoms with Gasteiger partial charge in [0, 0.05) is 5.69 Å². The van der Waals surface area contributed by atoms with Crippen LogP contribution in [0.1, 0.15) is 13.3 Å². The number of anilines is 2. The maximum absolute atomic E-state index is 13.1. The number of hydrogen-bond donors (Lipinski definition) is 2. The highest BCUT2D eigenvalue weighted by Crippen LogP contribution is 2.30. The summed E-state index contributed by atoms with van der Waals surface area (Å²) in [5.74, 6) is -0.737. The zero-order valence-electron chi connectivity index (χ0n) is 11.0. The van der Waals surface area contributed by atoms with Gasteiger partial charge in [0.2, 0.25) is 11.0 Å². The third kappa shape index (κ3) is 4.29. The minimum absolute atomic E-state index is 0.0367. The fourth-order valence-corrected chi connectivity index (χ4v) is 3.49. The Kier molecular flexibility index (Phi) is 5.38. The maximum atomic E-state index is 13.1. The van der Waals surface area contributed by atoms with E-state index in [0.29, 0.717) is 21.6 Å². The molecule has 0 aliphatic carbocycles. The molecule has 2 aromatic rings. The first-order chi connectivity index (χ1) is 9.99. The van der Waals surface area contributed by atoms with Crippen LogP contribution >= 0.6 is 34.7 Å². The Morgan fingerprint density at radius 2 is 2.33 bits per heavy atom. The lowest BCUT2D eigenvalue weighted by atomic mass is 10.2. The van der Waals surface area contributed by atoms with Gasteiger partial charge in [-0.3, -0.25) is 4.79 Å². The van der Waals surface area contributed by atoms with E-state index in [4.69, 9.17) is 17.3 Å². The molecule has 0 bridgehead atoms. The summed E-state index contributed by atoms with van der Waals surface area (Å²) < 4.78 is 13.7. The SMILES string of the molecule is CCC(Sc1nnc(N)s1)C(=O)Nc1ccc(F)c(Cl)c1. The molecular weight excluding hydrogens is 335 g/mol. The van der Waals surface area contributed by atoms with E-state index in [1.54, 1.807) is 0 Å². The monoisotopic (exact) mass is 346 g/mol. The predicted molar refractivity (Wildman–Crippen MR) is 84.3 cm³/mol. The van der Waals surface area contributed by atoms with Gasteiger partial charge in [-0.1, -0.05) is 41.6 Å². The van der Waals surface area contributed by atoms with Crippen LogP contribution in [0, 0.1) is 5.82 Å². The van der Waals surface area contributed by atoms with Gasteiger partial charge in [-0.25, -0.2) is 4.39 Å². The first-order valence-corrected chi connectivity index (χ1v) is 8.08. The van der Waals surface area contributed by atoms with Gasteiger partial charge in [-0.05, 0) is 24.6 Å². The summed E-state index contributed by atoms with van der Waals surface area (Å²) in [6, 6.07) is 4.03. The molecule has 1 amide bonds. The van der Waals surface area contributed by atoms with Crippen molar-refractivity contribution in [2.45, 2.75) is 22.9 Å². The molecule has 3 N–H and O–H groups in total. The molecule has 0 spiro atoms. The Hall–Kier alpha value is -1.38. The quantitative estimate of drug-likeness (QED) is 0.811. The highest BCUT2D eigenvalue weighted by Gasteiger charge is 2.20. The van der Waals surface area contributed by atoms with E-state index in [1.165, 1.54) is 41.3 Å². The average Bonchev–Trinajstić information content (AvgIpc) is 2.85. The second-order valence-electron chi connectivity index (χ2n) is 4.04. The van der Waals surface area contributed by atoms with Crippen LogP contribution in [-0.4, -0.2) is 21.4 Å². The second kappa shape index (κ2) is 7.06. The number of nitrogens with one attached hydrogen (secondary N) is 1. The van der Waals surface area contributed by atoms with E-state index in [0.717, 1.165) is 0 Å². The van der Waals surface area contributed by atoms with Crippen LogP contribution in [0.2, 0.25) is 5.02 Å². The zero-order chi connectivity index (χ0) is 15.4. The van der Waals surface area contributed by atoms with E-state index in [9.17, 15) is 9.18 Å². The van der Waals surface area contributed by atoms with Crippen molar-refractivity contribution in [3.63, 3.8) is 0 Å². The normalized spacial score (nSPS) is 12.1. The second-order valence-corrected chi connectivity index (χ2v) is 6.91. The van der Waals surface area contributed by atoms with Gasteiger partial charge in [0.25, 0.3) is 0 Å². The van der Waals surface area contributed by atoms with Crippen LogP contribution in [0.15, 0.2) is 22.5 Å². The van der Waals surface area contributed by atoms with Gasteiger partial charge >= 0.3 is 0 Å². The summed E-state index contributed by atoms with van der Waals surface area (Å²) in [6.07, 6.45) is 0.602. The lowest BCUT2D eigenvalue weighted by Gasteiger charge is -2.13. The van der Waals surface area contributed by atoms with Gasteiger partial charge < -0.3 is 11.1 Å². The fourth-order valence-electron chi connectivity index (χ4n) is 1.51. The number of nitrogens with zero attached hydrogens (tertiary/aromatic N) is 2. The fraction of sp³-hybridized carbons (Fsp3) is 0.250. The van der Waals surface area contributed by atoms with Crippen molar-refractivity contribution in [1.82, 2.24) is 10.2 Å². The van der Waals surface area contributed by atoms with Crippen LogP contribution in [0.4, 0.5) is 15.2 Å². The number of nitrogens with two attached hydrogens (primary N) is 1. The first kappa shape index (κ1) is 16.0. The third-order valence-corrected chi connectivity index (χ3v) is 5.01. The highest BCUT2D eigenvalue weighted by atomic mass is 35.5. The van der Waals surface area contributed by atoms with Gasteiger partial charge in [0.15, 0.2) is 4.34 Å². The highest BCUT2D eigenvalue weighted by molar-refractivity contribution is 8.02. The number of amides is 1. The standard InChI is InChI=1S/C12H12ClFN4OS2/c1-2-9(20-12-18-17-11(15)21-12)10(19)16-6-3-4-8(14)7(13)5-6/h3-5,9H,2H2,1H3,(H2,15,17)(H,16,19). The molecular formula is C12H12ClFN4OS2. The number of carbonyl (C=O) groups excluding carboxylic acids is 1. The number of halogens is 2. The molecule has 1 unspecified atom stereocenters. The largest absolute Gasteiger partial charge is 0.374 e. The summed E-state index contributed by atoms with van der Waals surface area (Å²) in [4.78, 5) is 12.2. The molecule has 5 nitrogen and oxygen atoms in total. The zero-order valence-corrected chi connectivity index (χ0v) is 13.4. The van der Waals surface area contributed by atoms with Crippen molar-refractivity contribution < 1.29 is 9.18 Å². The van der Waals surface area contributed by atoms with Crippen LogP contribution in [0.5, 0.6) is 0 Å². The van der Waals surface area contributed by atoms with Crippen LogP contribution < -0.4 is 11.1 Å². The van der Waals surface area contributed by atoms with Crippen molar-refractivity contribution in [3.8, 4) is 0 Å².